The largest absolute Gasteiger partial charge is 0.465 e. The van der Waals surface area contributed by atoms with Gasteiger partial charge in [0, 0.05) is 18.4 Å². The van der Waals surface area contributed by atoms with Gasteiger partial charge < -0.3 is 18.2 Å². The first kappa shape index (κ1) is 31.8. The third kappa shape index (κ3) is 5.79. The van der Waals surface area contributed by atoms with Gasteiger partial charge in [-0.1, -0.05) is 46.3 Å². The molecule has 0 unspecified atom stereocenters. The van der Waals surface area contributed by atoms with Crippen molar-refractivity contribution in [3.63, 3.8) is 0 Å². The van der Waals surface area contributed by atoms with Crippen LogP contribution in [0.3, 0.4) is 0 Å². The first-order chi connectivity index (χ1) is 19.2. The average Bonchev–Trinajstić information content (AvgIpc) is 3.46. The predicted molar refractivity (Wildman–Crippen MR) is 170 cm³/mol. The van der Waals surface area contributed by atoms with Crippen LogP contribution in [0.4, 0.5) is 0 Å². The summed E-state index contributed by atoms with van der Waals surface area (Å²) < 4.78 is 37.5. The van der Waals surface area contributed by atoms with Crippen LogP contribution in [0, 0.1) is 34.5 Å². The molecule has 0 saturated heterocycles. The van der Waals surface area contributed by atoms with Gasteiger partial charge in [0.15, 0.2) is 8.32 Å². The summed E-state index contributed by atoms with van der Waals surface area (Å²) in [6.07, 6.45) is 15.9. The number of fused-ring (bicyclic) bond motifs is 5. The molecule has 232 valence electrons. The summed E-state index contributed by atoms with van der Waals surface area (Å²) >= 11 is 0. The fraction of sp³-hybridized carbons (Fsp3) is 0.824. The van der Waals surface area contributed by atoms with Gasteiger partial charge in [0.25, 0.3) is 0 Å². The second kappa shape index (κ2) is 11.4. The fourth-order valence-electron chi connectivity index (χ4n) is 9.17. The Bertz CT molecular complexity index is 1120. The maximum atomic E-state index is 13.1. The van der Waals surface area contributed by atoms with Crippen molar-refractivity contribution in [1.29, 1.82) is 0 Å². The highest BCUT2D eigenvalue weighted by Gasteiger charge is 2.60. The predicted octanol–water partition coefficient (Wildman–Crippen LogP) is 10.4. The zero-order valence-corrected chi connectivity index (χ0v) is 29.3. The van der Waals surface area contributed by atoms with Crippen molar-refractivity contribution >= 4 is 15.9 Å². The maximum absolute atomic E-state index is 13.1. The Hall–Kier alpha value is -0.653. The van der Waals surface area contributed by atoms with Gasteiger partial charge >= 0.3 is 7.60 Å². The highest BCUT2D eigenvalue weighted by molar-refractivity contribution is 7.57. The first-order valence-corrected chi connectivity index (χ1v) is 21.0. The summed E-state index contributed by atoms with van der Waals surface area (Å²) in [5, 5.41) is 0.258. The van der Waals surface area contributed by atoms with Crippen molar-refractivity contribution in [2.75, 3.05) is 13.2 Å². The topological polar surface area (TPSA) is 54.0 Å². The molecule has 0 bridgehead atoms. The van der Waals surface area contributed by atoms with E-state index in [2.05, 4.69) is 59.9 Å². The lowest BCUT2D eigenvalue weighted by atomic mass is 9.47. The number of allylic oxidation sites excluding steroid dienone is 3. The molecule has 41 heavy (non-hydrogen) atoms. The lowest BCUT2D eigenvalue weighted by Gasteiger charge is -2.58. The highest BCUT2D eigenvalue weighted by atomic mass is 31.2. The van der Waals surface area contributed by atoms with Crippen LogP contribution in [0.5, 0.6) is 0 Å². The zero-order valence-electron chi connectivity index (χ0n) is 27.4. The third-order valence-electron chi connectivity index (χ3n) is 12.3. The smallest absolute Gasteiger partial charge is 0.357 e. The van der Waals surface area contributed by atoms with Gasteiger partial charge in [-0.05, 0) is 118 Å². The maximum Gasteiger partial charge on any atom is 0.357 e. The molecule has 5 rings (SSSR count). The minimum Gasteiger partial charge on any atom is -0.465 e. The summed E-state index contributed by atoms with van der Waals surface area (Å²) in [6.45, 7) is 21.4. The molecule has 7 heteroatoms. The van der Waals surface area contributed by atoms with Crippen molar-refractivity contribution in [3.05, 3.63) is 35.1 Å². The van der Waals surface area contributed by atoms with Gasteiger partial charge in [0.2, 0.25) is 0 Å². The summed E-state index contributed by atoms with van der Waals surface area (Å²) in [5.41, 5.74) is 2.29. The average molecular weight is 605 g/mol. The molecule has 3 saturated carbocycles. The molecule has 0 radical (unpaired) electrons. The van der Waals surface area contributed by atoms with Crippen molar-refractivity contribution in [3.8, 4) is 0 Å². The van der Waals surface area contributed by atoms with Crippen LogP contribution in [0.25, 0.3) is 0 Å². The van der Waals surface area contributed by atoms with Gasteiger partial charge in [-0.2, -0.15) is 0 Å². The lowest BCUT2D eigenvalue weighted by Crippen LogP contribution is -2.52. The van der Waals surface area contributed by atoms with Gasteiger partial charge in [0.05, 0.1) is 19.0 Å². The van der Waals surface area contributed by atoms with Gasteiger partial charge in [-0.3, -0.25) is 4.57 Å². The van der Waals surface area contributed by atoms with Crippen LogP contribution < -0.4 is 0 Å². The molecule has 0 amide bonds. The highest BCUT2D eigenvalue weighted by Crippen LogP contribution is 2.68. The summed E-state index contributed by atoms with van der Waals surface area (Å²) in [4.78, 5) is 0. The summed E-state index contributed by atoms with van der Waals surface area (Å²) in [7, 11) is -5.03. The van der Waals surface area contributed by atoms with Crippen LogP contribution in [0.1, 0.15) is 106 Å². The number of hydrogen-bond acceptors (Lipinski definition) is 5. The molecule has 0 N–H and O–H groups in total. The van der Waals surface area contributed by atoms with E-state index in [9.17, 15) is 4.57 Å². The van der Waals surface area contributed by atoms with Crippen LogP contribution in [-0.4, -0.2) is 27.6 Å². The molecule has 3 fully saturated rings. The number of rotatable bonds is 8. The third-order valence-corrected chi connectivity index (χ3v) is 18.7. The molecule has 0 aromatic heterocycles. The second-order valence-corrected chi connectivity index (χ2v) is 22.2. The molecule has 5 nitrogen and oxygen atoms in total. The molecule has 7 atom stereocenters. The van der Waals surface area contributed by atoms with Crippen LogP contribution in [0.15, 0.2) is 35.1 Å². The second-order valence-electron chi connectivity index (χ2n) is 15.6. The van der Waals surface area contributed by atoms with E-state index in [-0.39, 0.29) is 10.5 Å². The molecular formula is C34H57O5PSi. The van der Waals surface area contributed by atoms with Crippen LogP contribution in [-0.2, 0) is 22.8 Å². The zero-order chi connectivity index (χ0) is 29.8. The van der Waals surface area contributed by atoms with Gasteiger partial charge in [0.1, 0.15) is 11.5 Å². The normalized spacial score (nSPS) is 38.6. The van der Waals surface area contributed by atoms with E-state index < -0.39 is 15.9 Å². The van der Waals surface area contributed by atoms with Crippen molar-refractivity contribution in [1.82, 2.24) is 0 Å². The minimum atomic E-state index is -3.27. The van der Waals surface area contributed by atoms with Gasteiger partial charge in [-0.25, -0.2) is 0 Å². The Morgan fingerprint density at radius 3 is 2.39 bits per heavy atom. The molecule has 0 aromatic carbocycles. The van der Waals surface area contributed by atoms with Gasteiger partial charge in [-0.15, -0.1) is 0 Å². The molecule has 4 aliphatic carbocycles. The minimum absolute atomic E-state index is 0.258. The van der Waals surface area contributed by atoms with E-state index in [0.717, 1.165) is 35.7 Å². The molecule has 0 spiro atoms. The number of hydrogen-bond donors (Lipinski definition) is 0. The standard InChI is InChI=1S/C34H57O5PSi/c1-10-36-40(35,37-11-2)23-26-13-17-31(38-26)30-16-15-28-27-14-12-24-22-25(39-41(8,9)32(3,4)5)18-20-33(24,6)29(27)19-21-34(28,30)7/h12,17,23,25,27-30H,10-11,13-16,18-22H2,1-9H3/b26-23-/t25-,27-,28-,29-,30+,33-,34-/m0/s1. The molecule has 1 heterocycles. The summed E-state index contributed by atoms with van der Waals surface area (Å²) in [6, 6.07) is 0. The fourth-order valence-corrected chi connectivity index (χ4v) is 12.0. The molecule has 0 aromatic rings. The lowest BCUT2D eigenvalue weighted by molar-refractivity contribution is -0.0486. The van der Waals surface area contributed by atoms with E-state index in [1.165, 1.54) is 44.9 Å². The molecule has 1 aliphatic heterocycles. The van der Waals surface area contributed by atoms with E-state index in [4.69, 9.17) is 18.2 Å². The van der Waals surface area contributed by atoms with Crippen LogP contribution in [0.2, 0.25) is 18.1 Å². The first-order valence-electron chi connectivity index (χ1n) is 16.5. The Labute approximate surface area is 251 Å². The Kier molecular flexibility index (Phi) is 8.81. The van der Waals surface area contributed by atoms with Crippen molar-refractivity contribution < 1.29 is 22.8 Å². The van der Waals surface area contributed by atoms with E-state index in [0.29, 0.717) is 37.1 Å². The van der Waals surface area contributed by atoms with E-state index in [1.807, 2.05) is 13.8 Å². The molecular weight excluding hydrogens is 547 g/mol. The van der Waals surface area contributed by atoms with Crippen LogP contribution >= 0.6 is 7.60 Å². The Morgan fingerprint density at radius 2 is 1.73 bits per heavy atom. The quantitative estimate of drug-likeness (QED) is 0.157. The summed E-state index contributed by atoms with van der Waals surface area (Å²) in [5.74, 6) is 6.15. The Balaban J connectivity index is 1.28. The Morgan fingerprint density at radius 1 is 1.02 bits per heavy atom. The van der Waals surface area contributed by atoms with Crippen molar-refractivity contribution in [2.24, 2.45) is 34.5 Å². The van der Waals surface area contributed by atoms with Crippen molar-refractivity contribution in [2.45, 2.75) is 130 Å². The number of ether oxygens (including phenoxy) is 1. The monoisotopic (exact) mass is 604 g/mol. The SMILES string of the molecule is CCOP(=O)(/C=C1/CC=C([C@H]2CC[C@H]3[C@@H]4CC=C5C[C@@H](O[Si](C)(C)C(C)(C)C)CC[C@]5(C)[C@H]4CC[C@]23C)O1)OCC. The van der Waals surface area contributed by atoms with E-state index >= 15 is 0 Å². The van der Waals surface area contributed by atoms with E-state index in [1.54, 1.807) is 11.4 Å². The molecule has 5 aliphatic rings.